The zero-order valence-electron chi connectivity index (χ0n) is 25.0. The molecule has 1 unspecified atom stereocenters. The summed E-state index contributed by atoms with van der Waals surface area (Å²) >= 11 is 0. The van der Waals surface area contributed by atoms with Gasteiger partial charge in [-0.05, 0) is 53.8 Å². The Morgan fingerprint density at radius 2 is 1.48 bits per heavy atom. The van der Waals surface area contributed by atoms with Crippen LogP contribution in [0, 0.1) is 5.92 Å². The van der Waals surface area contributed by atoms with Crippen LogP contribution in [0.3, 0.4) is 0 Å². The van der Waals surface area contributed by atoms with Crippen molar-refractivity contribution >= 4 is 29.6 Å². The van der Waals surface area contributed by atoms with Gasteiger partial charge in [-0.25, -0.2) is 0 Å². The number of primary amides is 1. The number of amides is 3. The summed E-state index contributed by atoms with van der Waals surface area (Å²) in [5.41, 5.74) is 8.42. The molecule has 3 amide bonds. The maximum atomic E-state index is 13.9. The minimum atomic E-state index is -1.02. The predicted octanol–water partition coefficient (Wildman–Crippen LogP) is 3.11. The Labute approximate surface area is 256 Å². The molecular formula is C35H37N3O6. The Hall–Kier alpha value is -4.76. The zero-order valence-corrected chi connectivity index (χ0v) is 25.0. The molecule has 0 saturated carbocycles. The van der Waals surface area contributed by atoms with Crippen LogP contribution in [0.4, 0.5) is 0 Å². The van der Waals surface area contributed by atoms with Crippen molar-refractivity contribution in [3.63, 3.8) is 0 Å². The van der Waals surface area contributed by atoms with Gasteiger partial charge in [-0.2, -0.15) is 0 Å². The second kappa shape index (κ2) is 12.9. The predicted molar refractivity (Wildman–Crippen MR) is 166 cm³/mol. The van der Waals surface area contributed by atoms with Crippen LogP contribution in [0.2, 0.25) is 0 Å². The topological polar surface area (TPSA) is 140 Å². The number of methoxy groups -OCH3 is 1. The van der Waals surface area contributed by atoms with E-state index in [1.807, 2.05) is 66.7 Å². The Kier molecular flexibility index (Phi) is 8.96. The number of epoxide rings is 1. The maximum Gasteiger partial charge on any atom is 0.245 e. The molecule has 0 aromatic heterocycles. The Morgan fingerprint density at radius 3 is 2.11 bits per heavy atom. The highest BCUT2D eigenvalue weighted by Gasteiger charge is 2.50. The number of carbonyl (C=O) groups is 4. The second-order valence-corrected chi connectivity index (χ2v) is 11.6. The van der Waals surface area contributed by atoms with Gasteiger partial charge in [-0.3, -0.25) is 19.2 Å². The smallest absolute Gasteiger partial charge is 0.245 e. The molecule has 0 radical (unpaired) electrons. The quantitative estimate of drug-likeness (QED) is 0.260. The number of ketones is 1. The molecule has 9 heteroatoms. The van der Waals surface area contributed by atoms with E-state index in [4.69, 9.17) is 15.2 Å². The van der Waals surface area contributed by atoms with Crippen LogP contribution in [-0.2, 0) is 36.8 Å². The molecule has 3 aromatic carbocycles. The van der Waals surface area contributed by atoms with Crippen molar-refractivity contribution in [2.24, 2.45) is 11.7 Å². The van der Waals surface area contributed by atoms with Crippen molar-refractivity contribution in [1.82, 2.24) is 10.6 Å². The van der Waals surface area contributed by atoms with E-state index in [1.54, 1.807) is 39.2 Å². The van der Waals surface area contributed by atoms with Crippen LogP contribution in [0.5, 0.6) is 5.75 Å². The van der Waals surface area contributed by atoms with Crippen molar-refractivity contribution in [2.45, 2.75) is 50.3 Å². The molecule has 0 spiro atoms. The van der Waals surface area contributed by atoms with Gasteiger partial charge >= 0.3 is 0 Å². The third-order valence-corrected chi connectivity index (χ3v) is 8.42. The molecule has 4 N–H and O–H groups in total. The Bertz CT molecular complexity index is 1580. The number of hydrogen-bond acceptors (Lipinski definition) is 6. The van der Waals surface area contributed by atoms with Crippen molar-refractivity contribution < 1.29 is 28.7 Å². The number of carbonyl (C=O) groups excluding carboxylic acids is 4. The number of benzene rings is 3. The van der Waals surface area contributed by atoms with Crippen LogP contribution in [0.1, 0.15) is 42.0 Å². The van der Waals surface area contributed by atoms with E-state index >= 15 is 0 Å². The van der Waals surface area contributed by atoms with Crippen LogP contribution in [0.15, 0.2) is 84.4 Å². The number of ether oxygens (including phenoxy) is 2. The van der Waals surface area contributed by atoms with E-state index in [-0.39, 0.29) is 25.2 Å². The summed E-state index contributed by atoms with van der Waals surface area (Å²) < 4.78 is 10.7. The first kappa shape index (κ1) is 30.7. The lowest BCUT2D eigenvalue weighted by Crippen LogP contribution is -2.55. The minimum absolute atomic E-state index is 0.161. The number of hydrogen-bond donors (Lipinski definition) is 3. The molecule has 0 bridgehead atoms. The van der Waals surface area contributed by atoms with Gasteiger partial charge in [-0.1, -0.05) is 73.7 Å². The summed E-state index contributed by atoms with van der Waals surface area (Å²) in [4.78, 5) is 53.6. The summed E-state index contributed by atoms with van der Waals surface area (Å²) in [5.74, 6) is -2.37. The lowest BCUT2D eigenvalue weighted by atomic mass is 9.83. The normalized spacial score (nSPS) is 20.3. The number of nitrogens with two attached hydrogens (primary N) is 1. The van der Waals surface area contributed by atoms with Crippen LogP contribution in [-0.4, -0.2) is 54.9 Å². The van der Waals surface area contributed by atoms with E-state index in [0.29, 0.717) is 11.3 Å². The molecule has 1 saturated heterocycles. The highest BCUT2D eigenvalue weighted by Crippen LogP contribution is 2.41. The molecular weight excluding hydrogens is 558 g/mol. The average Bonchev–Trinajstić information content (AvgIpc) is 3.66. The molecule has 1 aliphatic heterocycles. The van der Waals surface area contributed by atoms with Crippen molar-refractivity contribution in [2.75, 3.05) is 13.7 Å². The van der Waals surface area contributed by atoms with E-state index in [0.717, 1.165) is 22.3 Å². The van der Waals surface area contributed by atoms with Crippen molar-refractivity contribution in [3.05, 3.63) is 107 Å². The second-order valence-electron chi connectivity index (χ2n) is 11.6. The van der Waals surface area contributed by atoms with E-state index < -0.39 is 47.2 Å². The summed E-state index contributed by atoms with van der Waals surface area (Å²) in [6.45, 7) is 3.71. The highest BCUT2D eigenvalue weighted by molar-refractivity contribution is 6.02. The van der Waals surface area contributed by atoms with Crippen molar-refractivity contribution in [1.29, 1.82) is 0 Å². The fourth-order valence-corrected chi connectivity index (χ4v) is 5.73. The zero-order chi connectivity index (χ0) is 31.4. The van der Waals surface area contributed by atoms with E-state index in [9.17, 15) is 19.2 Å². The number of Topliss-reactive ketones (excluding diaryl/α,β-unsaturated/α-hetero) is 1. The standard InChI is InChI=1S/C35H37N3O6/c1-21(30-26-12-8-7-11-24(26)19-27(30)32(36)40)33(41)38-29(18-23-13-15-25(43-3)16-14-23)34(42)37-28(31(39)35(2)20-44-35)17-22-9-5-4-6-10-22/h4-16,19,21,28-30H,17-18,20H2,1-3H3,(H2,36,40)(H,37,42)(H,38,41)/t21-,28+,29+,30?,35-/m1/s1. The largest absolute Gasteiger partial charge is 0.497 e. The summed E-state index contributed by atoms with van der Waals surface area (Å²) in [6.07, 6.45) is 2.15. The lowest BCUT2D eigenvalue weighted by Gasteiger charge is -2.27. The molecule has 1 aliphatic carbocycles. The molecule has 228 valence electrons. The van der Waals surface area contributed by atoms with Gasteiger partial charge in [0, 0.05) is 23.8 Å². The van der Waals surface area contributed by atoms with E-state index in [1.165, 1.54) is 0 Å². The molecule has 9 nitrogen and oxygen atoms in total. The number of fused-ring (bicyclic) bond motifs is 1. The van der Waals surface area contributed by atoms with E-state index in [2.05, 4.69) is 10.6 Å². The summed E-state index contributed by atoms with van der Waals surface area (Å²) in [5, 5.41) is 5.84. The molecule has 3 aromatic rings. The summed E-state index contributed by atoms with van der Waals surface area (Å²) in [6, 6.07) is 22.2. The van der Waals surface area contributed by atoms with Gasteiger partial charge < -0.3 is 25.8 Å². The maximum absolute atomic E-state index is 13.9. The van der Waals surface area contributed by atoms with Gasteiger partial charge in [0.2, 0.25) is 17.7 Å². The van der Waals surface area contributed by atoms with Gasteiger partial charge in [-0.15, -0.1) is 0 Å². The highest BCUT2D eigenvalue weighted by atomic mass is 16.6. The van der Waals surface area contributed by atoms with Crippen molar-refractivity contribution in [3.8, 4) is 5.75 Å². The fourth-order valence-electron chi connectivity index (χ4n) is 5.73. The molecule has 1 heterocycles. The first-order valence-corrected chi connectivity index (χ1v) is 14.7. The molecule has 44 heavy (non-hydrogen) atoms. The Morgan fingerprint density at radius 1 is 0.886 bits per heavy atom. The average molecular weight is 596 g/mol. The molecule has 5 rings (SSSR count). The van der Waals surface area contributed by atoms with Gasteiger partial charge in [0.1, 0.15) is 17.4 Å². The lowest BCUT2D eigenvalue weighted by molar-refractivity contribution is -0.133. The van der Waals surface area contributed by atoms with Crippen LogP contribution < -0.4 is 21.1 Å². The van der Waals surface area contributed by atoms with Gasteiger partial charge in [0.15, 0.2) is 5.78 Å². The monoisotopic (exact) mass is 595 g/mol. The first-order valence-electron chi connectivity index (χ1n) is 14.7. The summed E-state index contributed by atoms with van der Waals surface area (Å²) in [7, 11) is 1.57. The molecule has 1 fully saturated rings. The number of nitrogens with one attached hydrogen (secondary N) is 2. The SMILES string of the molecule is COc1ccc(C[C@H](NC(=O)[C@H](C)C2C(C(N)=O)=Cc3ccccc32)C(=O)N[C@@H](Cc2ccccc2)C(=O)[C@@]2(C)CO2)cc1. The number of rotatable bonds is 13. The molecule has 5 atom stereocenters. The minimum Gasteiger partial charge on any atom is -0.497 e. The fraction of sp³-hybridized carbons (Fsp3) is 0.314. The first-order chi connectivity index (χ1) is 21.1. The third kappa shape index (κ3) is 6.73. The van der Waals surface area contributed by atoms with Gasteiger partial charge in [0.25, 0.3) is 0 Å². The van der Waals surface area contributed by atoms with Gasteiger partial charge in [0.05, 0.1) is 19.8 Å². The van der Waals surface area contributed by atoms with Crippen LogP contribution >= 0.6 is 0 Å². The van der Waals surface area contributed by atoms with Crippen LogP contribution in [0.25, 0.3) is 6.08 Å². The molecule has 2 aliphatic rings. The Balaban J connectivity index is 1.40. The third-order valence-electron chi connectivity index (χ3n) is 8.42.